The van der Waals surface area contributed by atoms with Crippen molar-refractivity contribution in [1.29, 1.82) is 0 Å². The molecule has 6 rings (SSSR count). The second kappa shape index (κ2) is 8.36. The van der Waals surface area contributed by atoms with Gasteiger partial charge < -0.3 is 0 Å². The minimum Gasteiger partial charge on any atom is -0.266 e. The van der Waals surface area contributed by atoms with E-state index >= 15 is 0 Å². The first-order chi connectivity index (χ1) is 16.6. The fourth-order valence-electron chi connectivity index (χ4n) is 4.32. The molecule has 0 atom stereocenters. The van der Waals surface area contributed by atoms with Gasteiger partial charge in [-0.25, -0.2) is 9.36 Å². The van der Waals surface area contributed by atoms with Crippen LogP contribution in [0.25, 0.3) is 28.2 Å². The Morgan fingerprint density at radius 3 is 2.53 bits per heavy atom. The van der Waals surface area contributed by atoms with Gasteiger partial charge in [-0.15, -0.1) is 11.3 Å². The van der Waals surface area contributed by atoms with Crippen molar-refractivity contribution >= 4 is 41.1 Å². The van der Waals surface area contributed by atoms with Gasteiger partial charge in [0.05, 0.1) is 17.1 Å². The van der Waals surface area contributed by atoms with E-state index in [9.17, 15) is 4.79 Å². The van der Waals surface area contributed by atoms with Crippen molar-refractivity contribution in [2.75, 3.05) is 5.43 Å². The molecule has 8 heteroatoms. The van der Waals surface area contributed by atoms with Crippen molar-refractivity contribution in [1.82, 2.24) is 14.5 Å². The van der Waals surface area contributed by atoms with Crippen LogP contribution in [-0.2, 0) is 6.42 Å². The van der Waals surface area contributed by atoms with E-state index < -0.39 is 0 Å². The summed E-state index contributed by atoms with van der Waals surface area (Å²) in [6.45, 7) is 0. The highest BCUT2D eigenvalue weighted by Crippen LogP contribution is 2.39. The number of nitrogens with zero attached hydrogens (tertiary/aromatic N) is 3. The van der Waals surface area contributed by atoms with Gasteiger partial charge in [0.1, 0.15) is 0 Å². The van der Waals surface area contributed by atoms with Gasteiger partial charge in [0.2, 0.25) is 0 Å². The molecule has 1 aliphatic carbocycles. The van der Waals surface area contributed by atoms with E-state index in [1.165, 1.54) is 16.9 Å². The molecule has 0 saturated carbocycles. The lowest BCUT2D eigenvalue weighted by Gasteiger charge is -2.10. The van der Waals surface area contributed by atoms with Gasteiger partial charge in [-0.3, -0.25) is 10.2 Å². The zero-order valence-electron chi connectivity index (χ0n) is 17.7. The molecular weight excluding hydrogens is 484 g/mol. The second-order valence-electron chi connectivity index (χ2n) is 7.93. The predicted molar refractivity (Wildman–Crippen MR) is 139 cm³/mol. The van der Waals surface area contributed by atoms with E-state index in [0.29, 0.717) is 21.1 Å². The maximum atomic E-state index is 13.6. The van der Waals surface area contributed by atoms with Crippen LogP contribution in [0.1, 0.15) is 21.6 Å². The molecule has 1 amide bonds. The molecule has 5 nitrogen and oxygen atoms in total. The number of halogens is 1. The largest absolute Gasteiger partial charge is 0.290 e. The molecule has 0 fully saturated rings. The number of carbonyl (C=O) groups is 1. The van der Waals surface area contributed by atoms with Crippen LogP contribution in [0.15, 0.2) is 84.2 Å². The van der Waals surface area contributed by atoms with Gasteiger partial charge in [0, 0.05) is 33.5 Å². The first-order valence-electron chi connectivity index (χ1n) is 10.6. The molecule has 3 aromatic carbocycles. The molecule has 1 N–H and O–H groups in total. The lowest BCUT2D eigenvalue weighted by atomic mass is 10.1. The Balaban J connectivity index is 1.44. The topological polar surface area (TPSA) is 51.9 Å². The summed E-state index contributed by atoms with van der Waals surface area (Å²) in [5, 5.41) is 7.34. The Bertz CT molecular complexity index is 1600. The van der Waals surface area contributed by atoms with Crippen LogP contribution in [0.2, 0.25) is 5.02 Å². The van der Waals surface area contributed by atoms with Crippen molar-refractivity contribution in [2.45, 2.75) is 6.42 Å². The summed E-state index contributed by atoms with van der Waals surface area (Å²) >= 11 is 13.0. The molecule has 0 saturated heterocycles. The van der Waals surface area contributed by atoms with Gasteiger partial charge in [0.15, 0.2) is 9.65 Å². The van der Waals surface area contributed by atoms with Crippen LogP contribution in [0.4, 0.5) is 0 Å². The Morgan fingerprint density at radius 2 is 1.74 bits per heavy atom. The number of thiazole rings is 1. The molecule has 34 heavy (non-hydrogen) atoms. The maximum absolute atomic E-state index is 13.6. The van der Waals surface area contributed by atoms with Crippen molar-refractivity contribution in [3.63, 3.8) is 0 Å². The summed E-state index contributed by atoms with van der Waals surface area (Å²) in [7, 11) is 0. The Kier molecular flexibility index (Phi) is 5.17. The second-order valence-corrected chi connectivity index (χ2v) is 9.87. The molecule has 0 aliphatic heterocycles. The van der Waals surface area contributed by atoms with Crippen molar-refractivity contribution in [2.24, 2.45) is 0 Å². The number of para-hydroxylation sites is 1. The zero-order valence-corrected chi connectivity index (χ0v) is 20.1. The van der Waals surface area contributed by atoms with Crippen LogP contribution < -0.4 is 5.43 Å². The van der Waals surface area contributed by atoms with E-state index in [2.05, 4.69) is 17.6 Å². The van der Waals surface area contributed by atoms with Crippen molar-refractivity contribution in [3.8, 4) is 28.2 Å². The summed E-state index contributed by atoms with van der Waals surface area (Å²) in [4.78, 5) is 13.6. The number of benzene rings is 3. The number of fused-ring (bicyclic) bond motifs is 3. The number of carbonyl (C=O) groups excluding carboxylic acids is 1. The average molecular weight is 501 g/mol. The molecule has 0 spiro atoms. The standard InChI is InChI=1S/C26H17ClN4OS2/c27-18-12-10-16(11-13-18)22-15-34-26(33)31(22)29-25(32)23-21-14-17-6-4-5-9-20(17)24(21)30(28-23)19-7-2-1-3-8-19/h1-13,15H,14H2,(H,29,32). The SMILES string of the molecule is O=C(Nn1c(-c2ccc(Cl)cc2)csc1=S)c1nn(-c2ccccc2)c2c1Cc1ccccc1-2. The highest BCUT2D eigenvalue weighted by atomic mass is 35.5. The van der Waals surface area contributed by atoms with Crippen LogP contribution in [-0.4, -0.2) is 20.4 Å². The fourth-order valence-corrected chi connectivity index (χ4v) is 5.43. The third-order valence-corrected chi connectivity index (χ3v) is 7.34. The van der Waals surface area contributed by atoms with Crippen molar-refractivity contribution < 1.29 is 4.79 Å². The van der Waals surface area contributed by atoms with Crippen LogP contribution >= 0.6 is 35.2 Å². The number of aromatic nitrogens is 3. The Labute approximate surface area is 209 Å². The minimum atomic E-state index is -0.302. The molecule has 2 aromatic heterocycles. The van der Waals surface area contributed by atoms with Gasteiger partial charge in [0.25, 0.3) is 5.91 Å². The van der Waals surface area contributed by atoms with Gasteiger partial charge >= 0.3 is 0 Å². The third kappa shape index (κ3) is 3.49. The lowest BCUT2D eigenvalue weighted by molar-refractivity contribution is 0.100. The van der Waals surface area contributed by atoms with E-state index in [4.69, 9.17) is 28.9 Å². The highest BCUT2D eigenvalue weighted by molar-refractivity contribution is 7.73. The first-order valence-corrected chi connectivity index (χ1v) is 12.3. The van der Waals surface area contributed by atoms with Crippen LogP contribution in [0.5, 0.6) is 0 Å². The van der Waals surface area contributed by atoms with Crippen LogP contribution in [0, 0.1) is 3.95 Å². The molecule has 0 radical (unpaired) electrons. The highest BCUT2D eigenvalue weighted by Gasteiger charge is 2.31. The first kappa shape index (κ1) is 21.0. The molecule has 5 aromatic rings. The summed E-state index contributed by atoms with van der Waals surface area (Å²) in [5.74, 6) is -0.302. The normalized spacial score (nSPS) is 11.8. The summed E-state index contributed by atoms with van der Waals surface area (Å²) in [6.07, 6.45) is 0.653. The summed E-state index contributed by atoms with van der Waals surface area (Å²) < 4.78 is 4.05. The number of amides is 1. The van der Waals surface area contributed by atoms with Gasteiger partial charge in [-0.1, -0.05) is 66.2 Å². The lowest BCUT2D eigenvalue weighted by Crippen LogP contribution is -2.25. The number of hydrogen-bond donors (Lipinski definition) is 1. The molecular formula is C26H17ClN4OS2. The van der Waals surface area contributed by atoms with Gasteiger partial charge in [-0.05, 0) is 42.0 Å². The quantitative estimate of drug-likeness (QED) is 0.273. The fraction of sp³-hybridized carbons (Fsp3) is 0.0385. The average Bonchev–Trinajstić information content (AvgIpc) is 3.53. The summed E-state index contributed by atoms with van der Waals surface area (Å²) in [6, 6.07) is 25.5. The Morgan fingerprint density at radius 1 is 1.00 bits per heavy atom. The van der Waals surface area contributed by atoms with Crippen LogP contribution in [0.3, 0.4) is 0 Å². The molecule has 0 bridgehead atoms. The monoisotopic (exact) mass is 500 g/mol. The van der Waals surface area contributed by atoms with Crippen molar-refractivity contribution in [3.05, 3.63) is 110 Å². The van der Waals surface area contributed by atoms with E-state index in [1.54, 1.807) is 4.68 Å². The Hall–Kier alpha value is -3.52. The van der Waals surface area contributed by atoms with E-state index in [1.807, 2.05) is 76.8 Å². The smallest absolute Gasteiger partial charge is 0.266 e. The summed E-state index contributed by atoms with van der Waals surface area (Å²) in [5.41, 5.74) is 10.1. The number of hydrogen-bond acceptors (Lipinski definition) is 4. The van der Waals surface area contributed by atoms with E-state index in [0.717, 1.165) is 33.8 Å². The van der Waals surface area contributed by atoms with Gasteiger partial charge in [-0.2, -0.15) is 5.10 Å². The third-order valence-electron chi connectivity index (χ3n) is 5.89. The molecule has 0 unspecified atom stereocenters. The predicted octanol–water partition coefficient (Wildman–Crippen LogP) is 6.74. The zero-order chi connectivity index (χ0) is 23.2. The molecule has 166 valence electrons. The maximum Gasteiger partial charge on any atom is 0.290 e. The molecule has 1 aliphatic rings. The molecule has 2 heterocycles. The van der Waals surface area contributed by atoms with E-state index in [-0.39, 0.29) is 5.91 Å². The number of nitrogens with one attached hydrogen (secondary N) is 1. The minimum absolute atomic E-state index is 0.302. The number of rotatable bonds is 4.